The lowest BCUT2D eigenvalue weighted by Crippen LogP contribution is -2.17. The van der Waals surface area contributed by atoms with E-state index in [0.717, 1.165) is 4.47 Å². The molecule has 0 spiro atoms. The summed E-state index contributed by atoms with van der Waals surface area (Å²) >= 11 is 9.15. The first kappa shape index (κ1) is 15.0. The topological polar surface area (TPSA) is 52.6 Å². The van der Waals surface area contributed by atoms with Crippen LogP contribution >= 0.6 is 27.5 Å². The van der Waals surface area contributed by atoms with Gasteiger partial charge in [0.05, 0.1) is 11.6 Å². The molecule has 18 heavy (non-hydrogen) atoms. The Bertz CT molecular complexity index is 448. The lowest BCUT2D eigenvalue weighted by Gasteiger charge is -2.07. The van der Waals surface area contributed by atoms with E-state index in [2.05, 4.69) is 20.7 Å². The second-order valence-electron chi connectivity index (χ2n) is 3.38. The maximum atomic E-state index is 11.4. The molecule has 0 N–H and O–H groups in total. The molecule has 1 aromatic rings. The minimum atomic E-state index is -0.550. The summed E-state index contributed by atoms with van der Waals surface area (Å²) < 4.78 is 10.7. The summed E-state index contributed by atoms with van der Waals surface area (Å²) in [5, 5.41) is 0.405. The van der Waals surface area contributed by atoms with Gasteiger partial charge in [-0.1, -0.05) is 27.5 Å². The molecule has 0 atom stereocenters. The minimum Gasteiger partial charge on any atom is -0.484 e. The summed E-state index contributed by atoms with van der Waals surface area (Å²) in [6.07, 6.45) is -0.292. The van der Waals surface area contributed by atoms with Crippen molar-refractivity contribution in [2.75, 3.05) is 13.2 Å². The quantitative estimate of drug-likeness (QED) is 0.592. The number of Topliss-reactive ketones (excluding diaryl/α,β-unsaturated/α-hetero) is 1. The number of carbonyl (C=O) groups is 2. The van der Waals surface area contributed by atoms with Crippen LogP contribution in [-0.4, -0.2) is 25.0 Å². The van der Waals surface area contributed by atoms with Gasteiger partial charge in [-0.15, -0.1) is 0 Å². The Morgan fingerprint density at radius 1 is 1.39 bits per heavy atom. The number of benzene rings is 1. The predicted molar refractivity (Wildman–Crippen MR) is 70.9 cm³/mol. The van der Waals surface area contributed by atoms with Crippen LogP contribution in [-0.2, 0) is 14.3 Å². The molecule has 98 valence electrons. The Labute approximate surface area is 118 Å². The zero-order valence-electron chi connectivity index (χ0n) is 9.74. The molecule has 0 aliphatic carbocycles. The standard InChI is InChI=1S/C12H12BrClO4/c1-2-17-12(16)6-9(15)7-18-11-5-8(13)3-4-10(11)14/h3-5H,2,6-7H2,1H3. The van der Waals surface area contributed by atoms with Gasteiger partial charge in [-0.3, -0.25) is 9.59 Å². The van der Waals surface area contributed by atoms with Crippen molar-refractivity contribution in [3.8, 4) is 5.75 Å². The van der Waals surface area contributed by atoms with Gasteiger partial charge in [0.25, 0.3) is 0 Å². The molecule has 0 saturated heterocycles. The van der Waals surface area contributed by atoms with Gasteiger partial charge in [0.2, 0.25) is 0 Å². The highest BCUT2D eigenvalue weighted by molar-refractivity contribution is 9.10. The second kappa shape index (κ2) is 7.38. The maximum Gasteiger partial charge on any atom is 0.313 e. The van der Waals surface area contributed by atoms with Gasteiger partial charge in [0, 0.05) is 4.47 Å². The van der Waals surface area contributed by atoms with E-state index in [0.29, 0.717) is 10.8 Å². The van der Waals surface area contributed by atoms with Crippen LogP contribution in [0.3, 0.4) is 0 Å². The molecule has 6 heteroatoms. The average Bonchev–Trinajstić information content (AvgIpc) is 2.30. The fourth-order valence-electron chi connectivity index (χ4n) is 1.17. The molecule has 0 amide bonds. The summed E-state index contributed by atoms with van der Waals surface area (Å²) in [4.78, 5) is 22.5. The summed E-state index contributed by atoms with van der Waals surface area (Å²) in [5.41, 5.74) is 0. The van der Waals surface area contributed by atoms with E-state index in [1.54, 1.807) is 25.1 Å². The lowest BCUT2D eigenvalue weighted by molar-refractivity contribution is -0.145. The molecule has 4 nitrogen and oxygen atoms in total. The van der Waals surface area contributed by atoms with Crippen LogP contribution in [0.2, 0.25) is 5.02 Å². The van der Waals surface area contributed by atoms with Crippen LogP contribution < -0.4 is 4.74 Å². The number of esters is 1. The Balaban J connectivity index is 2.47. The third-order valence-electron chi connectivity index (χ3n) is 1.93. The number of ether oxygens (including phenoxy) is 2. The second-order valence-corrected chi connectivity index (χ2v) is 4.71. The highest BCUT2D eigenvalue weighted by Crippen LogP contribution is 2.27. The van der Waals surface area contributed by atoms with Gasteiger partial charge >= 0.3 is 5.97 Å². The molecule has 0 unspecified atom stereocenters. The lowest BCUT2D eigenvalue weighted by atomic mass is 10.3. The van der Waals surface area contributed by atoms with Crippen LogP contribution in [0.4, 0.5) is 0 Å². The molecular weight excluding hydrogens is 323 g/mol. The normalized spacial score (nSPS) is 9.94. The Morgan fingerprint density at radius 3 is 2.78 bits per heavy atom. The molecular formula is C12H12BrClO4. The van der Waals surface area contributed by atoms with E-state index in [4.69, 9.17) is 16.3 Å². The predicted octanol–water partition coefficient (Wildman–Crippen LogP) is 3.00. The van der Waals surface area contributed by atoms with Gasteiger partial charge in [-0.05, 0) is 25.1 Å². The van der Waals surface area contributed by atoms with E-state index in [1.165, 1.54) is 0 Å². The molecule has 0 saturated carbocycles. The highest BCUT2D eigenvalue weighted by atomic mass is 79.9. The zero-order chi connectivity index (χ0) is 13.5. The SMILES string of the molecule is CCOC(=O)CC(=O)COc1cc(Br)ccc1Cl. The highest BCUT2D eigenvalue weighted by Gasteiger charge is 2.12. The van der Waals surface area contributed by atoms with Gasteiger partial charge in [0.1, 0.15) is 18.8 Å². The number of halogens is 2. The fourth-order valence-corrected chi connectivity index (χ4v) is 1.68. The molecule has 0 aliphatic heterocycles. The molecule has 0 bridgehead atoms. The average molecular weight is 336 g/mol. The number of ketones is 1. The Morgan fingerprint density at radius 2 is 2.11 bits per heavy atom. The van der Waals surface area contributed by atoms with Crippen molar-refractivity contribution in [3.05, 3.63) is 27.7 Å². The van der Waals surface area contributed by atoms with Crippen LogP contribution in [0, 0.1) is 0 Å². The van der Waals surface area contributed by atoms with Crippen LogP contribution in [0.25, 0.3) is 0 Å². The molecule has 0 fully saturated rings. The molecule has 0 aromatic heterocycles. The van der Waals surface area contributed by atoms with Crippen molar-refractivity contribution in [1.29, 1.82) is 0 Å². The number of hydrogen-bond donors (Lipinski definition) is 0. The first-order valence-corrected chi connectivity index (χ1v) is 6.45. The smallest absolute Gasteiger partial charge is 0.313 e. The van der Waals surface area contributed by atoms with E-state index < -0.39 is 5.97 Å². The minimum absolute atomic E-state index is 0.213. The van der Waals surface area contributed by atoms with Crippen LogP contribution in [0.5, 0.6) is 5.75 Å². The largest absolute Gasteiger partial charge is 0.484 e. The first-order valence-electron chi connectivity index (χ1n) is 5.28. The monoisotopic (exact) mass is 334 g/mol. The molecule has 0 aliphatic rings. The van der Waals surface area contributed by atoms with Crippen molar-refractivity contribution >= 4 is 39.3 Å². The van der Waals surface area contributed by atoms with Gasteiger partial charge < -0.3 is 9.47 Å². The summed E-state index contributed by atoms with van der Waals surface area (Å²) in [5.74, 6) is -0.515. The van der Waals surface area contributed by atoms with Gasteiger partial charge in [-0.25, -0.2) is 0 Å². The van der Waals surface area contributed by atoms with Crippen molar-refractivity contribution in [3.63, 3.8) is 0 Å². The number of rotatable bonds is 6. The zero-order valence-corrected chi connectivity index (χ0v) is 12.1. The van der Waals surface area contributed by atoms with Gasteiger partial charge in [-0.2, -0.15) is 0 Å². The molecule has 0 radical (unpaired) electrons. The summed E-state index contributed by atoms with van der Waals surface area (Å²) in [7, 11) is 0. The van der Waals surface area contributed by atoms with Gasteiger partial charge in [0.15, 0.2) is 5.78 Å². The molecule has 1 rings (SSSR count). The van der Waals surface area contributed by atoms with Crippen molar-refractivity contribution < 1.29 is 19.1 Å². The number of hydrogen-bond acceptors (Lipinski definition) is 4. The van der Waals surface area contributed by atoms with Crippen molar-refractivity contribution in [1.82, 2.24) is 0 Å². The van der Waals surface area contributed by atoms with E-state index in [1.807, 2.05) is 0 Å². The van der Waals surface area contributed by atoms with E-state index >= 15 is 0 Å². The van der Waals surface area contributed by atoms with E-state index in [-0.39, 0.29) is 25.4 Å². The van der Waals surface area contributed by atoms with Crippen molar-refractivity contribution in [2.45, 2.75) is 13.3 Å². The fraction of sp³-hybridized carbons (Fsp3) is 0.333. The van der Waals surface area contributed by atoms with E-state index in [9.17, 15) is 9.59 Å². The third kappa shape index (κ3) is 5.06. The van der Waals surface area contributed by atoms with Crippen LogP contribution in [0.15, 0.2) is 22.7 Å². The number of carbonyl (C=O) groups excluding carboxylic acids is 2. The third-order valence-corrected chi connectivity index (χ3v) is 2.73. The Kier molecular flexibility index (Phi) is 6.15. The summed E-state index contributed by atoms with van der Waals surface area (Å²) in [6, 6.07) is 5.06. The molecule has 0 heterocycles. The van der Waals surface area contributed by atoms with Crippen LogP contribution in [0.1, 0.15) is 13.3 Å². The first-order chi connectivity index (χ1) is 8.52. The summed E-state index contributed by atoms with van der Waals surface area (Å²) in [6.45, 7) is 1.72. The Hall–Kier alpha value is -1.07. The molecule has 1 aromatic carbocycles. The van der Waals surface area contributed by atoms with Crippen molar-refractivity contribution in [2.24, 2.45) is 0 Å². The maximum absolute atomic E-state index is 11.4.